The first-order valence-corrected chi connectivity index (χ1v) is 7.61. The van der Waals surface area contributed by atoms with Gasteiger partial charge in [-0.1, -0.05) is 25.1 Å². The van der Waals surface area contributed by atoms with Crippen LogP contribution < -0.4 is 16.0 Å². The van der Waals surface area contributed by atoms with Crippen molar-refractivity contribution in [2.45, 2.75) is 38.3 Å². The van der Waals surface area contributed by atoms with Gasteiger partial charge in [0.15, 0.2) is 0 Å². The zero-order valence-electron chi connectivity index (χ0n) is 12.0. The second-order valence-corrected chi connectivity index (χ2v) is 5.83. The number of hydrogen-bond donors (Lipinski definition) is 2. The minimum atomic E-state index is 0.0663. The van der Waals surface area contributed by atoms with Crippen LogP contribution in [0.25, 0.3) is 0 Å². The number of carbonyl (C=O) groups is 1. The Morgan fingerprint density at radius 2 is 2.25 bits per heavy atom. The Balaban J connectivity index is 1.94. The topological polar surface area (TPSA) is 58.4 Å². The van der Waals surface area contributed by atoms with E-state index in [0.29, 0.717) is 6.04 Å². The highest BCUT2D eigenvalue weighted by Crippen LogP contribution is 2.35. The van der Waals surface area contributed by atoms with Crippen LogP contribution in [0.3, 0.4) is 0 Å². The molecule has 2 fully saturated rings. The second kappa shape index (κ2) is 5.44. The van der Waals surface area contributed by atoms with Crippen LogP contribution in [0, 0.1) is 5.92 Å². The lowest BCUT2D eigenvalue weighted by Gasteiger charge is -2.39. The van der Waals surface area contributed by atoms with Crippen molar-refractivity contribution in [3.05, 3.63) is 29.8 Å². The van der Waals surface area contributed by atoms with Crippen molar-refractivity contribution < 1.29 is 4.79 Å². The quantitative estimate of drug-likeness (QED) is 0.883. The molecule has 1 aromatic carbocycles. The van der Waals surface area contributed by atoms with Gasteiger partial charge >= 0.3 is 0 Å². The smallest absolute Gasteiger partial charge is 0.225 e. The molecule has 2 saturated heterocycles. The Bertz CT molecular complexity index is 502. The van der Waals surface area contributed by atoms with E-state index in [2.05, 4.69) is 35.3 Å². The summed E-state index contributed by atoms with van der Waals surface area (Å²) < 4.78 is 0. The molecule has 0 aliphatic carbocycles. The molecule has 3 rings (SSSR count). The van der Waals surface area contributed by atoms with Crippen molar-refractivity contribution in [2.24, 2.45) is 11.7 Å². The first-order valence-electron chi connectivity index (χ1n) is 7.61. The molecule has 0 bridgehead atoms. The maximum absolute atomic E-state index is 11.9. The minimum Gasteiger partial charge on any atom is -0.366 e. The third-order valence-electron chi connectivity index (χ3n) is 4.69. The van der Waals surface area contributed by atoms with Gasteiger partial charge < -0.3 is 16.0 Å². The standard InChI is InChI=1S/C16H23N3O/c1-2-13(17)11-6-3-4-8-14(11)19-9-5-7-12-15(19)10-18-16(12)20/h3-4,6,8,12-13,15H,2,5,7,9-10,17H2,1H3,(H,18,20)/t12?,13-,15?/m0/s1. The van der Waals surface area contributed by atoms with Crippen molar-refractivity contribution in [3.63, 3.8) is 0 Å². The molecule has 2 heterocycles. The lowest BCUT2D eigenvalue weighted by atomic mass is 9.90. The lowest BCUT2D eigenvalue weighted by molar-refractivity contribution is -0.122. The van der Waals surface area contributed by atoms with Crippen LogP contribution in [0.1, 0.15) is 37.8 Å². The zero-order chi connectivity index (χ0) is 14.1. The van der Waals surface area contributed by atoms with E-state index < -0.39 is 0 Å². The Morgan fingerprint density at radius 3 is 3.05 bits per heavy atom. The number of amides is 1. The number of para-hydroxylation sites is 1. The lowest BCUT2D eigenvalue weighted by Crippen LogP contribution is -2.46. The maximum atomic E-state index is 11.9. The van der Waals surface area contributed by atoms with Crippen LogP contribution in [0.4, 0.5) is 5.69 Å². The molecule has 0 radical (unpaired) electrons. The van der Waals surface area contributed by atoms with Crippen LogP contribution >= 0.6 is 0 Å². The highest BCUT2D eigenvalue weighted by atomic mass is 16.2. The summed E-state index contributed by atoms with van der Waals surface area (Å²) in [6.45, 7) is 3.89. The predicted octanol–water partition coefficient (Wildman–Crippen LogP) is 1.81. The molecule has 0 saturated carbocycles. The molecule has 2 aliphatic heterocycles. The molecule has 1 amide bonds. The van der Waals surface area contributed by atoms with Gasteiger partial charge in [0.1, 0.15) is 0 Å². The molecule has 3 N–H and O–H groups in total. The van der Waals surface area contributed by atoms with E-state index in [1.54, 1.807) is 0 Å². The molecule has 0 spiro atoms. The van der Waals surface area contributed by atoms with Crippen molar-refractivity contribution >= 4 is 11.6 Å². The predicted molar refractivity (Wildman–Crippen MR) is 80.5 cm³/mol. The van der Waals surface area contributed by atoms with Crippen LogP contribution in [-0.4, -0.2) is 25.0 Å². The van der Waals surface area contributed by atoms with Gasteiger partial charge in [-0.3, -0.25) is 4.79 Å². The molecular weight excluding hydrogens is 250 g/mol. The molecular formula is C16H23N3O. The number of fused-ring (bicyclic) bond motifs is 1. The number of nitrogens with two attached hydrogens (primary N) is 1. The Hall–Kier alpha value is -1.55. The summed E-state index contributed by atoms with van der Waals surface area (Å²) >= 11 is 0. The van der Waals surface area contributed by atoms with E-state index in [1.807, 2.05) is 6.07 Å². The third-order valence-corrected chi connectivity index (χ3v) is 4.69. The van der Waals surface area contributed by atoms with Gasteiger partial charge in [-0.2, -0.15) is 0 Å². The monoisotopic (exact) mass is 273 g/mol. The van der Waals surface area contributed by atoms with Gasteiger partial charge in [0.2, 0.25) is 5.91 Å². The summed E-state index contributed by atoms with van der Waals surface area (Å²) in [4.78, 5) is 14.3. The Labute approximate surface area is 120 Å². The molecule has 0 aromatic heterocycles. The summed E-state index contributed by atoms with van der Waals surface area (Å²) in [5, 5.41) is 3.01. The summed E-state index contributed by atoms with van der Waals surface area (Å²) in [6.07, 6.45) is 3.01. The van der Waals surface area contributed by atoms with E-state index in [9.17, 15) is 4.79 Å². The summed E-state index contributed by atoms with van der Waals surface area (Å²) in [6, 6.07) is 8.74. The third kappa shape index (κ3) is 2.18. The largest absolute Gasteiger partial charge is 0.366 e. The average Bonchev–Trinajstić information content (AvgIpc) is 2.88. The van der Waals surface area contributed by atoms with Crippen LogP contribution in [0.15, 0.2) is 24.3 Å². The number of nitrogens with one attached hydrogen (secondary N) is 1. The van der Waals surface area contributed by atoms with E-state index in [1.165, 1.54) is 11.3 Å². The van der Waals surface area contributed by atoms with E-state index >= 15 is 0 Å². The fourth-order valence-corrected chi connectivity index (χ4v) is 3.53. The van der Waals surface area contributed by atoms with E-state index in [4.69, 9.17) is 5.73 Å². The molecule has 108 valence electrons. The minimum absolute atomic E-state index is 0.0663. The van der Waals surface area contributed by atoms with Gasteiger partial charge in [-0.15, -0.1) is 0 Å². The molecule has 4 nitrogen and oxygen atoms in total. The van der Waals surface area contributed by atoms with Crippen molar-refractivity contribution in [1.82, 2.24) is 5.32 Å². The van der Waals surface area contributed by atoms with E-state index in [0.717, 1.165) is 32.4 Å². The number of rotatable bonds is 3. The second-order valence-electron chi connectivity index (χ2n) is 5.83. The van der Waals surface area contributed by atoms with Gasteiger partial charge in [-0.25, -0.2) is 0 Å². The van der Waals surface area contributed by atoms with E-state index in [-0.39, 0.29) is 17.9 Å². The average molecular weight is 273 g/mol. The molecule has 4 heteroatoms. The number of anilines is 1. The first kappa shape index (κ1) is 13.4. The van der Waals surface area contributed by atoms with Crippen LogP contribution in [0.5, 0.6) is 0 Å². The fourth-order valence-electron chi connectivity index (χ4n) is 3.53. The number of carbonyl (C=O) groups excluding carboxylic acids is 1. The fraction of sp³-hybridized carbons (Fsp3) is 0.562. The molecule has 3 atom stereocenters. The van der Waals surface area contributed by atoms with Crippen molar-refractivity contribution in [1.29, 1.82) is 0 Å². The first-order chi connectivity index (χ1) is 9.72. The van der Waals surface area contributed by atoms with Crippen LogP contribution in [0.2, 0.25) is 0 Å². The van der Waals surface area contributed by atoms with Gasteiger partial charge in [0.05, 0.1) is 12.0 Å². The SMILES string of the molecule is CC[C@H](N)c1ccccc1N1CCCC2C(=O)NCC21. The molecule has 2 unspecified atom stereocenters. The van der Waals surface area contributed by atoms with Gasteiger partial charge in [0, 0.05) is 24.8 Å². The van der Waals surface area contributed by atoms with Crippen molar-refractivity contribution in [2.75, 3.05) is 18.0 Å². The number of hydrogen-bond acceptors (Lipinski definition) is 3. The highest BCUT2D eigenvalue weighted by Gasteiger charge is 2.41. The summed E-state index contributed by atoms with van der Waals surface area (Å²) in [5.74, 6) is 0.367. The highest BCUT2D eigenvalue weighted by molar-refractivity contribution is 5.83. The van der Waals surface area contributed by atoms with Crippen molar-refractivity contribution in [3.8, 4) is 0 Å². The van der Waals surface area contributed by atoms with Crippen LogP contribution in [-0.2, 0) is 4.79 Å². The number of benzene rings is 1. The number of nitrogens with zero attached hydrogens (tertiary/aromatic N) is 1. The molecule has 2 aliphatic rings. The summed E-state index contributed by atoms with van der Waals surface area (Å²) in [5.41, 5.74) is 8.68. The zero-order valence-corrected chi connectivity index (χ0v) is 12.0. The molecule has 1 aromatic rings. The molecule has 20 heavy (non-hydrogen) atoms. The van der Waals surface area contributed by atoms with Gasteiger partial charge in [0.25, 0.3) is 0 Å². The maximum Gasteiger partial charge on any atom is 0.225 e. The Morgan fingerprint density at radius 1 is 1.45 bits per heavy atom. The summed E-state index contributed by atoms with van der Waals surface area (Å²) in [7, 11) is 0. The normalized spacial score (nSPS) is 27.1. The Kier molecular flexibility index (Phi) is 3.66. The number of piperidine rings is 1. The van der Waals surface area contributed by atoms with Gasteiger partial charge in [-0.05, 0) is 30.9 Å².